The predicted molar refractivity (Wildman–Crippen MR) is 73.5 cm³/mol. The highest BCUT2D eigenvalue weighted by Crippen LogP contribution is 2.42. The lowest BCUT2D eigenvalue weighted by molar-refractivity contribution is -0.141. The van der Waals surface area contributed by atoms with Crippen LogP contribution in [0.25, 0.3) is 0 Å². The number of carbonyl (C=O) groups excluding carboxylic acids is 1. The second-order valence-electron chi connectivity index (χ2n) is 5.32. The lowest BCUT2D eigenvalue weighted by atomic mass is 10.1. The molecule has 2 atom stereocenters. The Labute approximate surface area is 133 Å². The second-order valence-corrected chi connectivity index (χ2v) is 5.32. The van der Waals surface area contributed by atoms with Crippen molar-refractivity contribution in [3.63, 3.8) is 0 Å². The zero-order valence-electron chi connectivity index (χ0n) is 12.3. The van der Waals surface area contributed by atoms with Crippen molar-refractivity contribution in [2.45, 2.75) is 25.0 Å². The number of ether oxygens (including phenoxy) is 1. The third kappa shape index (κ3) is 2.54. The van der Waals surface area contributed by atoms with Gasteiger partial charge in [-0.15, -0.1) is 0 Å². The van der Waals surface area contributed by atoms with Crippen LogP contribution in [0.5, 0.6) is 5.75 Å². The first kappa shape index (κ1) is 16.4. The minimum Gasteiger partial charge on any atom is -0.497 e. The number of hydrogen-bond donors (Lipinski definition) is 1. The number of halogens is 4. The van der Waals surface area contributed by atoms with Crippen LogP contribution in [-0.4, -0.2) is 33.9 Å². The highest BCUT2D eigenvalue weighted by molar-refractivity contribution is 6.05. The van der Waals surface area contributed by atoms with Crippen LogP contribution >= 0.6 is 0 Å². The van der Waals surface area contributed by atoms with Gasteiger partial charge >= 0.3 is 6.18 Å². The Morgan fingerprint density at radius 2 is 1.92 bits per heavy atom. The number of aliphatic hydroxyl groups excluding tert-OH is 1. The monoisotopic (exact) mass is 344 g/mol. The van der Waals surface area contributed by atoms with Crippen LogP contribution in [-0.2, 0) is 12.7 Å². The van der Waals surface area contributed by atoms with Gasteiger partial charge in [-0.3, -0.25) is 9.48 Å². The van der Waals surface area contributed by atoms with Gasteiger partial charge in [0.15, 0.2) is 23.8 Å². The molecule has 5 nitrogen and oxygen atoms in total. The smallest absolute Gasteiger partial charge is 0.435 e. The molecule has 1 N–H and O–H groups in total. The van der Waals surface area contributed by atoms with E-state index in [4.69, 9.17) is 4.74 Å². The Kier molecular flexibility index (Phi) is 3.83. The van der Waals surface area contributed by atoms with Crippen molar-refractivity contribution in [3.05, 3.63) is 46.8 Å². The van der Waals surface area contributed by atoms with Crippen LogP contribution in [0.4, 0.5) is 17.6 Å². The topological polar surface area (TPSA) is 64.3 Å². The zero-order valence-corrected chi connectivity index (χ0v) is 12.3. The van der Waals surface area contributed by atoms with E-state index in [1.807, 2.05) is 0 Å². The fraction of sp³-hybridized carbons (Fsp3) is 0.333. The van der Waals surface area contributed by atoms with Gasteiger partial charge in [0.05, 0.1) is 24.9 Å². The van der Waals surface area contributed by atoms with Crippen LogP contribution in [0.1, 0.15) is 33.5 Å². The maximum Gasteiger partial charge on any atom is 0.435 e. The largest absolute Gasteiger partial charge is 0.497 e. The molecule has 9 heteroatoms. The Balaban J connectivity index is 2.06. The molecule has 24 heavy (non-hydrogen) atoms. The van der Waals surface area contributed by atoms with E-state index >= 15 is 0 Å². The summed E-state index contributed by atoms with van der Waals surface area (Å²) in [5, 5.41) is 12.8. The van der Waals surface area contributed by atoms with Crippen LogP contribution in [0.2, 0.25) is 0 Å². The molecule has 1 heterocycles. The van der Waals surface area contributed by atoms with E-state index in [1.54, 1.807) is 24.3 Å². The predicted octanol–water partition coefficient (Wildman–Crippen LogP) is 2.53. The van der Waals surface area contributed by atoms with Crippen LogP contribution in [0.3, 0.4) is 0 Å². The van der Waals surface area contributed by atoms with Crippen molar-refractivity contribution in [3.8, 4) is 5.75 Å². The zero-order chi connectivity index (χ0) is 17.6. The molecule has 0 unspecified atom stereocenters. The Morgan fingerprint density at radius 1 is 1.29 bits per heavy atom. The number of aromatic nitrogens is 2. The van der Waals surface area contributed by atoms with E-state index in [0.717, 1.165) is 4.68 Å². The molecule has 0 aliphatic heterocycles. The van der Waals surface area contributed by atoms with Gasteiger partial charge in [-0.05, 0) is 17.7 Å². The van der Waals surface area contributed by atoms with Gasteiger partial charge in [-0.25, -0.2) is 4.39 Å². The minimum absolute atomic E-state index is 0.178. The van der Waals surface area contributed by atoms with E-state index in [1.165, 1.54) is 7.11 Å². The lowest BCUT2D eigenvalue weighted by Gasteiger charge is -2.11. The fourth-order valence-corrected chi connectivity index (χ4v) is 2.65. The molecule has 0 radical (unpaired) electrons. The number of hydrogen-bond acceptors (Lipinski definition) is 4. The molecule has 3 rings (SSSR count). The second kappa shape index (κ2) is 5.59. The SMILES string of the molecule is COc1ccc(Cn2nc(C(F)(F)F)c3c2[C@@H](F)[C@@H](O)C3=O)cc1. The summed E-state index contributed by atoms with van der Waals surface area (Å²) >= 11 is 0. The Morgan fingerprint density at radius 3 is 2.46 bits per heavy atom. The highest BCUT2D eigenvalue weighted by atomic mass is 19.4. The molecule has 1 aromatic carbocycles. The summed E-state index contributed by atoms with van der Waals surface area (Å²) in [4.78, 5) is 11.8. The van der Waals surface area contributed by atoms with Crippen LogP contribution in [0.15, 0.2) is 24.3 Å². The maximum atomic E-state index is 14.1. The van der Waals surface area contributed by atoms with Gasteiger partial charge in [0.25, 0.3) is 0 Å². The number of Topliss-reactive ketones (excluding diaryl/α,β-unsaturated/α-hetero) is 1. The summed E-state index contributed by atoms with van der Waals surface area (Å²) in [6, 6.07) is 6.36. The molecular formula is C15H12F4N2O3. The molecule has 1 aliphatic carbocycles. The molecule has 1 aliphatic rings. The summed E-state index contributed by atoms with van der Waals surface area (Å²) < 4.78 is 59.1. The lowest BCUT2D eigenvalue weighted by Crippen LogP contribution is -2.22. The average Bonchev–Trinajstić information content (AvgIpc) is 3.01. The average molecular weight is 344 g/mol. The molecule has 1 aromatic heterocycles. The first-order valence-corrected chi connectivity index (χ1v) is 6.91. The number of methoxy groups -OCH3 is 1. The molecule has 0 bridgehead atoms. The van der Waals surface area contributed by atoms with Crippen molar-refractivity contribution < 1.29 is 32.2 Å². The van der Waals surface area contributed by atoms with Gasteiger partial charge in [0, 0.05) is 0 Å². The summed E-state index contributed by atoms with van der Waals surface area (Å²) in [6.45, 7) is -0.178. The number of ketones is 1. The Hall–Kier alpha value is -2.42. The van der Waals surface area contributed by atoms with Crippen LogP contribution in [0, 0.1) is 0 Å². The normalized spacial score (nSPS) is 20.3. The van der Waals surface area contributed by atoms with Gasteiger partial charge in [0.2, 0.25) is 0 Å². The number of aliphatic hydroxyl groups is 1. The summed E-state index contributed by atoms with van der Waals surface area (Å²) in [6.07, 6.45) is -9.30. The fourth-order valence-electron chi connectivity index (χ4n) is 2.65. The highest BCUT2D eigenvalue weighted by Gasteiger charge is 2.50. The number of benzene rings is 1. The number of nitrogens with zero attached hydrogens (tertiary/aromatic N) is 2. The number of rotatable bonds is 3. The third-order valence-corrected chi connectivity index (χ3v) is 3.81. The minimum atomic E-state index is -4.92. The summed E-state index contributed by atoms with van der Waals surface area (Å²) in [7, 11) is 1.46. The number of carbonyl (C=O) groups is 1. The van der Waals surface area contributed by atoms with Gasteiger partial charge in [0.1, 0.15) is 5.75 Å². The van der Waals surface area contributed by atoms with E-state index in [2.05, 4.69) is 5.10 Å². The molecule has 0 fully saturated rings. The molecule has 0 saturated carbocycles. The molecule has 128 valence electrons. The molecule has 2 aromatic rings. The number of fused-ring (bicyclic) bond motifs is 1. The van der Waals surface area contributed by atoms with Crippen molar-refractivity contribution in [2.24, 2.45) is 0 Å². The van der Waals surface area contributed by atoms with Crippen molar-refractivity contribution in [2.75, 3.05) is 7.11 Å². The molecule has 0 amide bonds. The van der Waals surface area contributed by atoms with E-state index in [-0.39, 0.29) is 6.54 Å². The first-order chi connectivity index (χ1) is 11.2. The van der Waals surface area contributed by atoms with Crippen molar-refractivity contribution in [1.29, 1.82) is 0 Å². The maximum absolute atomic E-state index is 14.1. The summed E-state index contributed by atoms with van der Waals surface area (Å²) in [5.74, 6) is -0.750. The molecule has 0 saturated heterocycles. The molecular weight excluding hydrogens is 332 g/mol. The van der Waals surface area contributed by atoms with Gasteiger partial charge in [-0.2, -0.15) is 18.3 Å². The quantitative estimate of drug-likeness (QED) is 0.869. The number of alkyl halides is 4. The van der Waals surface area contributed by atoms with Crippen molar-refractivity contribution >= 4 is 5.78 Å². The third-order valence-electron chi connectivity index (χ3n) is 3.81. The Bertz CT molecular complexity index is 783. The standard InChI is InChI=1S/C15H12F4N2O3/c1-24-8-4-2-7(3-5-8)6-21-11-9(12(22)13(23)10(11)16)14(20-21)15(17,18)19/h2-5,10,13,23H,6H2,1H3/t10-,13-/m1/s1. The van der Waals surface area contributed by atoms with Crippen LogP contribution < -0.4 is 4.74 Å². The molecule has 0 spiro atoms. The van der Waals surface area contributed by atoms with Gasteiger partial charge < -0.3 is 9.84 Å². The van der Waals surface area contributed by atoms with Gasteiger partial charge in [-0.1, -0.05) is 12.1 Å². The van der Waals surface area contributed by atoms with E-state index < -0.39 is 41.2 Å². The summed E-state index contributed by atoms with van der Waals surface area (Å²) in [5.41, 5.74) is -2.38. The first-order valence-electron chi connectivity index (χ1n) is 6.91. The van der Waals surface area contributed by atoms with E-state index in [9.17, 15) is 27.5 Å². The van der Waals surface area contributed by atoms with Crippen molar-refractivity contribution in [1.82, 2.24) is 9.78 Å². The van der Waals surface area contributed by atoms with E-state index in [0.29, 0.717) is 11.3 Å².